The standard InChI is InChI=1S/C34H29NO4/c1-21(36)33(22(2)37)25-13-15-26(16-14-25)34(27-17-19-28(20-18-27)35(23(3)38)24(4)39)31-11-7-5-9-29(31)30-10-6-8-12-32(30)34/h5-20,33H,1-4H3. The quantitative estimate of drug-likeness (QED) is 0.252. The lowest BCUT2D eigenvalue weighted by atomic mass is 9.67. The number of imide groups is 1. The van der Waals surface area contributed by atoms with Gasteiger partial charge in [-0.05, 0) is 64.9 Å². The van der Waals surface area contributed by atoms with Crippen molar-refractivity contribution in [3.63, 3.8) is 0 Å². The lowest BCUT2D eigenvalue weighted by molar-refractivity contribution is -0.127. The van der Waals surface area contributed by atoms with E-state index in [9.17, 15) is 19.2 Å². The molecule has 1 aliphatic rings. The van der Waals surface area contributed by atoms with Crippen molar-refractivity contribution in [3.8, 4) is 11.1 Å². The highest BCUT2D eigenvalue weighted by molar-refractivity contribution is 6.13. The summed E-state index contributed by atoms with van der Waals surface area (Å²) in [6.07, 6.45) is 0. The predicted molar refractivity (Wildman–Crippen MR) is 152 cm³/mol. The maximum atomic E-state index is 12.2. The van der Waals surface area contributed by atoms with Crippen LogP contribution in [0.1, 0.15) is 61.4 Å². The first-order valence-corrected chi connectivity index (χ1v) is 12.9. The van der Waals surface area contributed by atoms with Crippen LogP contribution in [-0.4, -0.2) is 23.4 Å². The SMILES string of the molecule is CC(=O)C(C(C)=O)c1ccc(C2(c3ccc(N(C(C)=O)C(C)=O)cc3)c3ccccc3-c3ccccc32)cc1. The van der Waals surface area contributed by atoms with E-state index in [4.69, 9.17) is 0 Å². The number of Topliss-reactive ketones (excluding diaryl/α,β-unsaturated/α-hetero) is 2. The van der Waals surface area contributed by atoms with Crippen LogP contribution in [0.3, 0.4) is 0 Å². The van der Waals surface area contributed by atoms with E-state index < -0.39 is 11.3 Å². The van der Waals surface area contributed by atoms with E-state index in [-0.39, 0.29) is 23.4 Å². The summed E-state index contributed by atoms with van der Waals surface area (Å²) in [5, 5.41) is 0. The van der Waals surface area contributed by atoms with Crippen molar-refractivity contribution in [1.29, 1.82) is 0 Å². The summed E-state index contributed by atoms with van der Waals surface area (Å²) in [6.45, 7) is 5.63. The van der Waals surface area contributed by atoms with Gasteiger partial charge in [0, 0.05) is 13.8 Å². The Kier molecular flexibility index (Phi) is 6.61. The molecule has 0 spiro atoms. The molecule has 0 N–H and O–H groups in total. The Labute approximate surface area is 228 Å². The molecule has 0 saturated carbocycles. The minimum Gasteiger partial charge on any atom is -0.299 e. The van der Waals surface area contributed by atoms with Crippen LogP contribution in [0.25, 0.3) is 11.1 Å². The molecule has 2 amide bonds. The number of benzene rings is 4. The zero-order valence-electron chi connectivity index (χ0n) is 22.4. The molecule has 194 valence electrons. The van der Waals surface area contributed by atoms with Crippen LogP contribution in [-0.2, 0) is 24.6 Å². The first-order valence-electron chi connectivity index (χ1n) is 12.9. The van der Waals surface area contributed by atoms with Crippen molar-refractivity contribution in [2.24, 2.45) is 0 Å². The molecular weight excluding hydrogens is 486 g/mol. The van der Waals surface area contributed by atoms with Gasteiger partial charge in [0.2, 0.25) is 11.8 Å². The van der Waals surface area contributed by atoms with Crippen molar-refractivity contribution in [2.75, 3.05) is 4.90 Å². The zero-order chi connectivity index (χ0) is 27.9. The van der Waals surface area contributed by atoms with Crippen LogP contribution in [0.4, 0.5) is 5.69 Å². The van der Waals surface area contributed by atoms with Gasteiger partial charge in [0.05, 0.1) is 11.1 Å². The van der Waals surface area contributed by atoms with E-state index in [1.54, 1.807) is 12.1 Å². The summed E-state index contributed by atoms with van der Waals surface area (Å²) in [6, 6.07) is 31.9. The van der Waals surface area contributed by atoms with Gasteiger partial charge in [-0.2, -0.15) is 0 Å². The topological polar surface area (TPSA) is 71.5 Å². The molecular formula is C34H29NO4. The minimum absolute atomic E-state index is 0.183. The van der Waals surface area contributed by atoms with Gasteiger partial charge in [0.25, 0.3) is 0 Å². The highest BCUT2D eigenvalue weighted by atomic mass is 16.2. The van der Waals surface area contributed by atoms with Gasteiger partial charge in [0.1, 0.15) is 17.5 Å². The van der Waals surface area contributed by atoms with E-state index in [0.29, 0.717) is 11.3 Å². The number of amides is 2. The van der Waals surface area contributed by atoms with Crippen molar-refractivity contribution in [1.82, 2.24) is 0 Å². The molecule has 5 heteroatoms. The predicted octanol–water partition coefficient (Wildman–Crippen LogP) is 6.21. The van der Waals surface area contributed by atoms with Crippen molar-refractivity contribution < 1.29 is 19.2 Å². The number of rotatable bonds is 6. The van der Waals surface area contributed by atoms with Gasteiger partial charge in [0.15, 0.2) is 0 Å². The second-order valence-electron chi connectivity index (χ2n) is 10.0. The molecule has 5 rings (SSSR count). The van der Waals surface area contributed by atoms with E-state index in [1.807, 2.05) is 60.7 Å². The molecule has 5 nitrogen and oxygen atoms in total. The molecule has 0 bridgehead atoms. The Morgan fingerprint density at radius 2 is 0.974 bits per heavy atom. The first-order chi connectivity index (χ1) is 18.7. The number of fused-ring (bicyclic) bond motifs is 3. The molecule has 4 aromatic carbocycles. The summed E-state index contributed by atoms with van der Waals surface area (Å²) >= 11 is 0. The van der Waals surface area contributed by atoms with Crippen LogP contribution in [0.5, 0.6) is 0 Å². The van der Waals surface area contributed by atoms with Gasteiger partial charge >= 0.3 is 0 Å². The highest BCUT2D eigenvalue weighted by Gasteiger charge is 2.46. The lowest BCUT2D eigenvalue weighted by Crippen LogP contribution is -2.33. The number of hydrogen-bond acceptors (Lipinski definition) is 4. The molecule has 0 atom stereocenters. The molecule has 0 heterocycles. The third-order valence-corrected chi connectivity index (χ3v) is 7.63. The normalized spacial score (nSPS) is 12.9. The lowest BCUT2D eigenvalue weighted by Gasteiger charge is -2.34. The molecule has 0 radical (unpaired) electrons. The Hall–Kier alpha value is -4.64. The number of nitrogens with zero attached hydrogens (tertiary/aromatic N) is 1. The Balaban J connectivity index is 1.77. The Morgan fingerprint density at radius 3 is 1.38 bits per heavy atom. The van der Waals surface area contributed by atoms with Gasteiger partial charge in [-0.1, -0.05) is 84.9 Å². The maximum absolute atomic E-state index is 12.2. The van der Waals surface area contributed by atoms with E-state index in [1.165, 1.54) is 27.7 Å². The van der Waals surface area contributed by atoms with Gasteiger partial charge in [-0.25, -0.2) is 0 Å². The van der Waals surface area contributed by atoms with Crippen LogP contribution >= 0.6 is 0 Å². The number of ketones is 2. The molecule has 0 aromatic heterocycles. The average molecular weight is 516 g/mol. The third kappa shape index (κ3) is 4.11. The van der Waals surface area contributed by atoms with Crippen molar-refractivity contribution in [2.45, 2.75) is 39.0 Å². The first kappa shape index (κ1) is 26.0. The number of carbonyl (C=O) groups is 4. The largest absolute Gasteiger partial charge is 0.299 e. The Bertz CT molecular complexity index is 1470. The fourth-order valence-corrected chi connectivity index (χ4v) is 6.15. The van der Waals surface area contributed by atoms with Gasteiger partial charge in [-0.3, -0.25) is 24.1 Å². The minimum atomic E-state index is -0.790. The van der Waals surface area contributed by atoms with Crippen LogP contribution < -0.4 is 4.90 Å². The molecule has 0 unspecified atom stereocenters. The van der Waals surface area contributed by atoms with Crippen LogP contribution in [0, 0.1) is 0 Å². The highest BCUT2D eigenvalue weighted by Crippen LogP contribution is 2.56. The maximum Gasteiger partial charge on any atom is 0.230 e. The fourth-order valence-electron chi connectivity index (χ4n) is 6.15. The fraction of sp³-hybridized carbons (Fsp3) is 0.176. The number of anilines is 1. The van der Waals surface area contributed by atoms with Crippen LogP contribution in [0.15, 0.2) is 97.1 Å². The van der Waals surface area contributed by atoms with Crippen molar-refractivity contribution in [3.05, 3.63) is 125 Å². The zero-order valence-corrected chi connectivity index (χ0v) is 22.4. The summed E-state index contributed by atoms with van der Waals surface area (Å²) < 4.78 is 0. The summed E-state index contributed by atoms with van der Waals surface area (Å²) in [5.74, 6) is -1.85. The van der Waals surface area contributed by atoms with Gasteiger partial charge < -0.3 is 0 Å². The van der Waals surface area contributed by atoms with Gasteiger partial charge in [-0.15, -0.1) is 0 Å². The number of carbonyl (C=O) groups excluding carboxylic acids is 4. The molecule has 39 heavy (non-hydrogen) atoms. The smallest absolute Gasteiger partial charge is 0.230 e. The summed E-state index contributed by atoms with van der Waals surface area (Å²) in [5.41, 5.74) is 6.91. The molecule has 1 aliphatic carbocycles. The van der Waals surface area contributed by atoms with E-state index in [2.05, 4.69) is 24.3 Å². The summed E-state index contributed by atoms with van der Waals surface area (Å²) in [4.78, 5) is 50.0. The second kappa shape index (κ2) is 9.91. The third-order valence-electron chi connectivity index (χ3n) is 7.63. The summed E-state index contributed by atoms with van der Waals surface area (Å²) in [7, 11) is 0. The van der Waals surface area contributed by atoms with Crippen molar-refractivity contribution >= 4 is 29.1 Å². The number of hydrogen-bond donors (Lipinski definition) is 0. The monoisotopic (exact) mass is 515 g/mol. The molecule has 0 fully saturated rings. The Morgan fingerprint density at radius 1 is 0.564 bits per heavy atom. The molecule has 0 aliphatic heterocycles. The van der Waals surface area contributed by atoms with E-state index in [0.717, 1.165) is 38.3 Å². The second-order valence-corrected chi connectivity index (χ2v) is 10.0. The average Bonchev–Trinajstić information content (AvgIpc) is 3.20. The van der Waals surface area contributed by atoms with E-state index >= 15 is 0 Å². The molecule has 4 aromatic rings. The van der Waals surface area contributed by atoms with Crippen LogP contribution in [0.2, 0.25) is 0 Å². The molecule has 0 saturated heterocycles.